The Morgan fingerprint density at radius 1 is 1.10 bits per heavy atom. The maximum Gasteiger partial charge on any atom is 0.0762 e. The van der Waals surface area contributed by atoms with Crippen LogP contribution in [0.1, 0.15) is 63.5 Å². The van der Waals surface area contributed by atoms with E-state index >= 15 is 0 Å². The molecule has 2 fully saturated rings. The van der Waals surface area contributed by atoms with E-state index in [9.17, 15) is 5.11 Å². The van der Waals surface area contributed by atoms with Crippen molar-refractivity contribution in [2.75, 3.05) is 18.0 Å². The van der Waals surface area contributed by atoms with Crippen LogP contribution in [0.3, 0.4) is 0 Å². The van der Waals surface area contributed by atoms with Crippen LogP contribution >= 0.6 is 11.6 Å². The molecule has 1 atom stereocenters. The summed E-state index contributed by atoms with van der Waals surface area (Å²) in [7, 11) is 0. The molecule has 0 bridgehead atoms. The van der Waals surface area contributed by atoms with Crippen molar-refractivity contribution in [3.8, 4) is 0 Å². The van der Waals surface area contributed by atoms with Gasteiger partial charge in [-0.3, -0.25) is 0 Å². The van der Waals surface area contributed by atoms with E-state index in [1.54, 1.807) is 6.92 Å². The molecule has 2 aliphatic rings. The fourth-order valence-corrected chi connectivity index (χ4v) is 4.37. The molecule has 1 saturated heterocycles. The predicted octanol–water partition coefficient (Wildman–Crippen LogP) is 4.94. The van der Waals surface area contributed by atoms with Gasteiger partial charge in [0.15, 0.2) is 0 Å². The molecule has 116 valence electrons. The molecule has 21 heavy (non-hydrogen) atoms. The van der Waals surface area contributed by atoms with Crippen LogP contribution in [0, 0.1) is 5.41 Å². The van der Waals surface area contributed by atoms with E-state index in [1.165, 1.54) is 44.9 Å². The van der Waals surface area contributed by atoms with E-state index in [1.807, 2.05) is 12.1 Å². The van der Waals surface area contributed by atoms with Gasteiger partial charge in [-0.05, 0) is 55.7 Å². The van der Waals surface area contributed by atoms with E-state index in [2.05, 4.69) is 11.0 Å². The molecule has 1 heterocycles. The van der Waals surface area contributed by atoms with E-state index in [-0.39, 0.29) is 0 Å². The average molecular weight is 308 g/mol. The lowest BCUT2D eigenvalue weighted by Gasteiger charge is -2.45. The number of piperidine rings is 1. The number of hydrogen-bond acceptors (Lipinski definition) is 2. The molecule has 1 N–H and O–H groups in total. The number of nitrogens with zero attached hydrogens (tertiary/aromatic N) is 1. The van der Waals surface area contributed by atoms with Gasteiger partial charge in [0.25, 0.3) is 0 Å². The van der Waals surface area contributed by atoms with Gasteiger partial charge in [0.1, 0.15) is 0 Å². The van der Waals surface area contributed by atoms with Gasteiger partial charge in [0, 0.05) is 13.1 Å². The molecule has 3 rings (SSSR count). The molecule has 0 unspecified atom stereocenters. The summed E-state index contributed by atoms with van der Waals surface area (Å²) in [6, 6.07) is 5.98. The Morgan fingerprint density at radius 2 is 1.76 bits per heavy atom. The van der Waals surface area contributed by atoms with Crippen LogP contribution < -0.4 is 4.90 Å². The maximum absolute atomic E-state index is 9.64. The molecule has 3 heteroatoms. The molecule has 2 nitrogen and oxygen atoms in total. The minimum absolute atomic E-state index is 0.455. The van der Waals surface area contributed by atoms with Gasteiger partial charge in [0.2, 0.25) is 0 Å². The van der Waals surface area contributed by atoms with Crippen LogP contribution in [0.5, 0.6) is 0 Å². The molecule has 1 aromatic carbocycles. The summed E-state index contributed by atoms with van der Waals surface area (Å²) in [5.41, 5.74) is 2.65. The smallest absolute Gasteiger partial charge is 0.0762 e. The number of halogens is 1. The minimum Gasteiger partial charge on any atom is -0.389 e. The monoisotopic (exact) mass is 307 g/mol. The van der Waals surface area contributed by atoms with Crippen molar-refractivity contribution in [1.82, 2.24) is 0 Å². The summed E-state index contributed by atoms with van der Waals surface area (Å²) >= 11 is 6.43. The van der Waals surface area contributed by atoms with Crippen LogP contribution in [0.25, 0.3) is 0 Å². The second-order valence-electron chi connectivity index (χ2n) is 6.93. The molecular formula is C18H26ClNO. The van der Waals surface area contributed by atoms with Gasteiger partial charge in [0.05, 0.1) is 16.8 Å². The Kier molecular flexibility index (Phi) is 4.46. The Bertz CT molecular complexity index is 484. The van der Waals surface area contributed by atoms with Gasteiger partial charge in [-0.2, -0.15) is 0 Å². The first kappa shape index (κ1) is 15.2. The van der Waals surface area contributed by atoms with E-state index in [0.29, 0.717) is 5.41 Å². The molecule has 0 aromatic heterocycles. The number of hydrogen-bond donors (Lipinski definition) is 1. The third-order valence-electron chi connectivity index (χ3n) is 5.53. The van der Waals surface area contributed by atoms with Crippen molar-refractivity contribution in [3.05, 3.63) is 28.8 Å². The number of aliphatic hydroxyl groups excluding tert-OH is 1. The highest BCUT2D eigenvalue weighted by molar-refractivity contribution is 6.33. The molecule has 1 saturated carbocycles. The quantitative estimate of drug-likeness (QED) is 0.836. The first-order chi connectivity index (χ1) is 10.1. The molecule has 1 spiro atoms. The minimum atomic E-state index is -0.455. The zero-order chi connectivity index (χ0) is 14.9. The van der Waals surface area contributed by atoms with Crippen molar-refractivity contribution < 1.29 is 5.11 Å². The molecule has 0 amide bonds. The van der Waals surface area contributed by atoms with Gasteiger partial charge in [-0.25, -0.2) is 0 Å². The zero-order valence-corrected chi connectivity index (χ0v) is 13.7. The normalized spacial score (nSPS) is 23.3. The summed E-state index contributed by atoms with van der Waals surface area (Å²) in [5, 5.41) is 10.4. The first-order valence-electron chi connectivity index (χ1n) is 8.32. The highest BCUT2D eigenvalue weighted by atomic mass is 35.5. The van der Waals surface area contributed by atoms with Gasteiger partial charge in [-0.15, -0.1) is 0 Å². The maximum atomic E-state index is 9.64. The lowest BCUT2D eigenvalue weighted by atomic mass is 9.68. The molecule has 1 aliphatic carbocycles. The third kappa shape index (κ3) is 3.22. The zero-order valence-electron chi connectivity index (χ0n) is 12.9. The Hall–Kier alpha value is -0.730. The summed E-state index contributed by atoms with van der Waals surface area (Å²) in [4.78, 5) is 2.42. The summed E-state index contributed by atoms with van der Waals surface area (Å²) in [6.45, 7) is 4.01. The van der Waals surface area contributed by atoms with Crippen molar-refractivity contribution in [1.29, 1.82) is 0 Å². The summed E-state index contributed by atoms with van der Waals surface area (Å²) in [6.07, 6.45) is 9.28. The second-order valence-corrected chi connectivity index (χ2v) is 7.34. The topological polar surface area (TPSA) is 23.5 Å². The molecule has 0 radical (unpaired) electrons. The van der Waals surface area contributed by atoms with Crippen molar-refractivity contribution in [2.45, 2.75) is 58.0 Å². The van der Waals surface area contributed by atoms with Crippen molar-refractivity contribution in [3.63, 3.8) is 0 Å². The third-order valence-corrected chi connectivity index (χ3v) is 5.84. The van der Waals surface area contributed by atoms with Crippen molar-refractivity contribution in [2.24, 2.45) is 5.41 Å². The number of rotatable bonds is 2. The highest BCUT2D eigenvalue weighted by Gasteiger charge is 2.35. The fourth-order valence-electron chi connectivity index (χ4n) is 4.06. The van der Waals surface area contributed by atoms with Crippen LogP contribution in [0.2, 0.25) is 5.02 Å². The van der Waals surface area contributed by atoms with E-state index < -0.39 is 6.10 Å². The SMILES string of the molecule is C[C@H](O)c1ccc(N2CCC3(CCCCC3)CC2)c(Cl)c1. The predicted molar refractivity (Wildman–Crippen MR) is 89.1 cm³/mol. The van der Waals surface area contributed by atoms with Crippen LogP contribution in [-0.2, 0) is 0 Å². The number of aliphatic hydroxyl groups is 1. The van der Waals surface area contributed by atoms with Gasteiger partial charge < -0.3 is 10.0 Å². The fraction of sp³-hybridized carbons (Fsp3) is 0.667. The summed E-state index contributed by atoms with van der Waals surface area (Å²) in [5.74, 6) is 0. The van der Waals surface area contributed by atoms with E-state index in [4.69, 9.17) is 11.6 Å². The summed E-state index contributed by atoms with van der Waals surface area (Å²) < 4.78 is 0. The number of benzene rings is 1. The lowest BCUT2D eigenvalue weighted by Crippen LogP contribution is -2.41. The molecular weight excluding hydrogens is 282 g/mol. The van der Waals surface area contributed by atoms with Crippen LogP contribution in [-0.4, -0.2) is 18.2 Å². The molecule has 1 aromatic rings. The highest BCUT2D eigenvalue weighted by Crippen LogP contribution is 2.45. The van der Waals surface area contributed by atoms with Gasteiger partial charge >= 0.3 is 0 Å². The Labute approximate surface area is 133 Å². The molecule has 1 aliphatic heterocycles. The van der Waals surface area contributed by atoms with Crippen LogP contribution in [0.4, 0.5) is 5.69 Å². The number of anilines is 1. The van der Waals surface area contributed by atoms with Gasteiger partial charge in [-0.1, -0.05) is 36.9 Å². The Balaban J connectivity index is 1.69. The largest absolute Gasteiger partial charge is 0.389 e. The van der Waals surface area contributed by atoms with E-state index in [0.717, 1.165) is 29.4 Å². The Morgan fingerprint density at radius 3 is 2.33 bits per heavy atom. The van der Waals surface area contributed by atoms with Crippen LogP contribution in [0.15, 0.2) is 18.2 Å². The second kappa shape index (κ2) is 6.18. The van der Waals surface area contributed by atoms with Crippen molar-refractivity contribution >= 4 is 17.3 Å². The lowest BCUT2D eigenvalue weighted by molar-refractivity contribution is 0.144. The first-order valence-corrected chi connectivity index (χ1v) is 8.70. The standard InChI is InChI=1S/C18H26ClNO/c1-14(21)15-5-6-17(16(19)13-15)20-11-9-18(10-12-20)7-3-2-4-8-18/h5-6,13-14,21H,2-4,7-12H2,1H3/t14-/m0/s1. The average Bonchev–Trinajstić information content (AvgIpc) is 2.49.